The normalized spacial score (nSPS) is 26.8. The molecule has 4 nitrogen and oxygen atoms in total. The van der Waals surface area contributed by atoms with E-state index in [1.165, 1.54) is 12.2 Å². The zero-order chi connectivity index (χ0) is 14.7. The molecule has 0 radical (unpaired) electrons. The van der Waals surface area contributed by atoms with Crippen LogP contribution in [0.1, 0.15) is 38.1 Å². The Morgan fingerprint density at radius 3 is 3.10 bits per heavy atom. The van der Waals surface area contributed by atoms with Crippen molar-refractivity contribution in [3.05, 3.63) is 18.2 Å². The Labute approximate surface area is 135 Å². The number of carbonyl (C=O) groups is 1. The van der Waals surface area contributed by atoms with Gasteiger partial charge in [0.1, 0.15) is 5.82 Å². The molecular weight excluding hydrogens is 302 g/mol. The molecule has 0 spiro atoms. The number of rotatable bonds is 3. The Balaban J connectivity index is 1.79. The van der Waals surface area contributed by atoms with E-state index in [9.17, 15) is 4.79 Å². The number of carbonyl (C=O) groups excluding carboxylic acids is 1. The number of hydrogen-bond acceptors (Lipinski definition) is 4. The Morgan fingerprint density at radius 2 is 2.33 bits per heavy atom. The summed E-state index contributed by atoms with van der Waals surface area (Å²) in [6.07, 6.45) is 7.25. The number of aryl methyl sites for hydroxylation is 1. The van der Waals surface area contributed by atoms with Gasteiger partial charge < -0.3 is 9.47 Å². The number of thioether (sulfide) groups is 2. The number of aromatic nitrogens is 2. The average Bonchev–Trinajstić information content (AvgIpc) is 3.03. The van der Waals surface area contributed by atoms with Crippen LogP contribution in [-0.4, -0.2) is 49.4 Å². The van der Waals surface area contributed by atoms with E-state index >= 15 is 0 Å². The predicted molar refractivity (Wildman–Crippen MR) is 89.8 cm³/mol. The molecule has 1 aromatic heterocycles. The van der Waals surface area contributed by atoms with Gasteiger partial charge >= 0.3 is 0 Å². The van der Waals surface area contributed by atoms with E-state index in [1.54, 1.807) is 0 Å². The van der Waals surface area contributed by atoms with Gasteiger partial charge in [-0.3, -0.25) is 4.79 Å². The van der Waals surface area contributed by atoms with Crippen molar-refractivity contribution in [2.24, 2.45) is 0 Å². The quantitative estimate of drug-likeness (QED) is 0.856. The second kappa shape index (κ2) is 7.09. The number of nitrogens with zero attached hydrogens (tertiary/aromatic N) is 3. The highest BCUT2D eigenvalue weighted by atomic mass is 32.2. The van der Waals surface area contributed by atoms with Crippen molar-refractivity contribution in [2.75, 3.05) is 23.8 Å². The Kier molecular flexibility index (Phi) is 5.16. The molecule has 3 heterocycles. The molecule has 6 heteroatoms. The average molecular weight is 326 g/mol. The van der Waals surface area contributed by atoms with Crippen LogP contribution < -0.4 is 0 Å². The second-order valence-electron chi connectivity index (χ2n) is 5.55. The third-order valence-corrected chi connectivity index (χ3v) is 7.01. The summed E-state index contributed by atoms with van der Waals surface area (Å²) in [6, 6.07) is 0.175. The molecule has 2 saturated heterocycles. The fraction of sp³-hybridized carbons (Fsp3) is 0.733. The van der Waals surface area contributed by atoms with Gasteiger partial charge in [-0.2, -0.15) is 11.8 Å². The van der Waals surface area contributed by atoms with Gasteiger partial charge in [0, 0.05) is 42.7 Å². The molecule has 2 fully saturated rings. The predicted octanol–water partition coefficient (Wildman–Crippen LogP) is 2.81. The number of amides is 1. The number of likely N-dealkylation sites (tertiary alicyclic amines) is 1. The molecular formula is C15H23N3OS2. The molecule has 0 aromatic carbocycles. The summed E-state index contributed by atoms with van der Waals surface area (Å²) in [7, 11) is 0. The van der Waals surface area contributed by atoms with Crippen LogP contribution in [0.15, 0.2) is 12.4 Å². The SMILES string of the molecule is CCn1ccnc1[C@H]1CCCCN1C(=O)[C@H]1CSCCS1. The second-order valence-corrected chi connectivity index (χ2v) is 8.01. The van der Waals surface area contributed by atoms with Crippen molar-refractivity contribution in [1.29, 1.82) is 0 Å². The van der Waals surface area contributed by atoms with Crippen LogP contribution in [0.2, 0.25) is 0 Å². The van der Waals surface area contributed by atoms with Crippen molar-refractivity contribution in [2.45, 2.75) is 44.0 Å². The van der Waals surface area contributed by atoms with Crippen molar-refractivity contribution in [1.82, 2.24) is 14.5 Å². The minimum Gasteiger partial charge on any atom is -0.333 e. The minimum atomic E-state index is 0.148. The first-order valence-electron chi connectivity index (χ1n) is 7.82. The minimum absolute atomic E-state index is 0.148. The van der Waals surface area contributed by atoms with Gasteiger partial charge in [0.15, 0.2) is 0 Å². The molecule has 2 aliphatic rings. The van der Waals surface area contributed by atoms with Gasteiger partial charge in [-0.1, -0.05) is 0 Å². The van der Waals surface area contributed by atoms with Gasteiger partial charge in [-0.15, -0.1) is 11.8 Å². The number of imidazole rings is 1. The van der Waals surface area contributed by atoms with E-state index in [0.717, 1.165) is 43.3 Å². The van der Waals surface area contributed by atoms with Crippen LogP contribution in [0.5, 0.6) is 0 Å². The first-order valence-corrected chi connectivity index (χ1v) is 10.0. The van der Waals surface area contributed by atoms with E-state index in [2.05, 4.69) is 21.4 Å². The lowest BCUT2D eigenvalue weighted by atomic mass is 10.0. The molecule has 3 rings (SSSR count). The van der Waals surface area contributed by atoms with Crippen LogP contribution in [0.4, 0.5) is 0 Å². The highest BCUT2D eigenvalue weighted by Crippen LogP contribution is 2.34. The van der Waals surface area contributed by atoms with E-state index in [-0.39, 0.29) is 11.3 Å². The van der Waals surface area contributed by atoms with Gasteiger partial charge in [-0.05, 0) is 26.2 Å². The molecule has 0 aliphatic carbocycles. The summed E-state index contributed by atoms with van der Waals surface area (Å²) in [6.45, 7) is 3.94. The first-order chi connectivity index (χ1) is 10.3. The maximum Gasteiger partial charge on any atom is 0.237 e. The van der Waals surface area contributed by atoms with E-state index < -0.39 is 0 Å². The van der Waals surface area contributed by atoms with E-state index in [4.69, 9.17) is 0 Å². The number of hydrogen-bond donors (Lipinski definition) is 0. The topological polar surface area (TPSA) is 38.1 Å². The first kappa shape index (κ1) is 15.3. The Morgan fingerprint density at radius 1 is 1.43 bits per heavy atom. The standard InChI is InChI=1S/C15H23N3OS2/c1-2-17-8-6-16-14(17)12-5-3-4-7-18(12)15(19)13-11-20-9-10-21-13/h6,8,12-13H,2-5,7,9-11H2,1H3/t12-,13-/m1/s1. The van der Waals surface area contributed by atoms with E-state index in [1.807, 2.05) is 35.9 Å². The van der Waals surface area contributed by atoms with Gasteiger partial charge in [0.2, 0.25) is 5.91 Å². The molecule has 0 saturated carbocycles. The molecule has 0 bridgehead atoms. The Hall–Kier alpha value is -0.620. The lowest BCUT2D eigenvalue weighted by Gasteiger charge is -2.38. The molecule has 0 unspecified atom stereocenters. The molecule has 1 amide bonds. The molecule has 2 atom stereocenters. The smallest absolute Gasteiger partial charge is 0.237 e. The van der Waals surface area contributed by atoms with Crippen LogP contribution in [0.25, 0.3) is 0 Å². The number of piperidine rings is 1. The molecule has 116 valence electrons. The van der Waals surface area contributed by atoms with Crippen molar-refractivity contribution in [3.63, 3.8) is 0 Å². The molecule has 2 aliphatic heterocycles. The van der Waals surface area contributed by atoms with Crippen LogP contribution in [-0.2, 0) is 11.3 Å². The maximum atomic E-state index is 12.9. The van der Waals surface area contributed by atoms with Crippen LogP contribution >= 0.6 is 23.5 Å². The molecule has 0 N–H and O–H groups in total. The summed E-state index contributed by atoms with van der Waals surface area (Å²) in [5, 5.41) is 0.148. The highest BCUT2D eigenvalue weighted by molar-refractivity contribution is 8.07. The summed E-state index contributed by atoms with van der Waals surface area (Å²) >= 11 is 3.75. The third kappa shape index (κ3) is 3.26. The fourth-order valence-electron chi connectivity index (χ4n) is 3.16. The van der Waals surface area contributed by atoms with Gasteiger partial charge in [0.25, 0.3) is 0 Å². The summed E-state index contributed by atoms with van der Waals surface area (Å²) in [4.78, 5) is 19.6. The Bertz CT molecular complexity index is 485. The van der Waals surface area contributed by atoms with Gasteiger partial charge in [0.05, 0.1) is 11.3 Å². The van der Waals surface area contributed by atoms with Crippen LogP contribution in [0, 0.1) is 0 Å². The summed E-state index contributed by atoms with van der Waals surface area (Å²) in [5.41, 5.74) is 0. The summed E-state index contributed by atoms with van der Waals surface area (Å²) in [5.74, 6) is 4.65. The highest BCUT2D eigenvalue weighted by Gasteiger charge is 2.35. The molecule has 1 aromatic rings. The largest absolute Gasteiger partial charge is 0.333 e. The van der Waals surface area contributed by atoms with Gasteiger partial charge in [-0.25, -0.2) is 4.98 Å². The maximum absolute atomic E-state index is 12.9. The zero-order valence-electron chi connectivity index (χ0n) is 12.5. The summed E-state index contributed by atoms with van der Waals surface area (Å²) < 4.78 is 2.18. The molecule has 21 heavy (non-hydrogen) atoms. The lowest BCUT2D eigenvalue weighted by molar-refractivity contribution is -0.134. The van der Waals surface area contributed by atoms with Crippen molar-refractivity contribution < 1.29 is 4.79 Å². The van der Waals surface area contributed by atoms with Crippen molar-refractivity contribution in [3.8, 4) is 0 Å². The fourth-order valence-corrected chi connectivity index (χ4v) is 5.78. The van der Waals surface area contributed by atoms with E-state index in [0.29, 0.717) is 5.91 Å². The zero-order valence-corrected chi connectivity index (χ0v) is 14.2. The van der Waals surface area contributed by atoms with Crippen molar-refractivity contribution >= 4 is 29.4 Å². The monoisotopic (exact) mass is 325 g/mol. The third-order valence-electron chi connectivity index (χ3n) is 4.26. The lowest BCUT2D eigenvalue weighted by Crippen LogP contribution is -2.45. The van der Waals surface area contributed by atoms with Crippen LogP contribution in [0.3, 0.4) is 0 Å².